The van der Waals surface area contributed by atoms with Gasteiger partial charge in [-0.05, 0) is 36.8 Å². The van der Waals surface area contributed by atoms with E-state index in [4.69, 9.17) is 0 Å². The molecule has 1 aliphatic heterocycles. The number of aromatic nitrogens is 1. The van der Waals surface area contributed by atoms with Gasteiger partial charge in [-0.1, -0.05) is 13.0 Å². The predicted octanol–water partition coefficient (Wildman–Crippen LogP) is 0.881. The molecule has 1 unspecified atom stereocenters. The Morgan fingerprint density at radius 3 is 2.90 bits per heavy atom. The van der Waals surface area contributed by atoms with E-state index in [1.165, 1.54) is 0 Å². The Bertz CT molecular complexity index is 540. The molecule has 2 aliphatic rings. The lowest BCUT2D eigenvalue weighted by atomic mass is 10.1. The monoisotopic (exact) mass is 273 g/mol. The number of piperazine rings is 1. The van der Waals surface area contributed by atoms with Gasteiger partial charge < -0.3 is 10.2 Å². The first-order valence-corrected chi connectivity index (χ1v) is 7.20. The molecule has 0 spiro atoms. The van der Waals surface area contributed by atoms with Crippen LogP contribution in [0, 0.1) is 5.92 Å². The number of hydrogen-bond acceptors (Lipinski definition) is 3. The van der Waals surface area contributed by atoms with E-state index in [1.807, 2.05) is 12.1 Å². The Kier molecular flexibility index (Phi) is 3.42. The summed E-state index contributed by atoms with van der Waals surface area (Å²) in [7, 11) is 0. The second kappa shape index (κ2) is 5.23. The molecule has 1 saturated heterocycles. The van der Waals surface area contributed by atoms with Gasteiger partial charge in [-0.25, -0.2) is 0 Å². The van der Waals surface area contributed by atoms with Gasteiger partial charge in [0.15, 0.2) is 0 Å². The molecule has 1 aromatic heterocycles. The Morgan fingerprint density at radius 2 is 2.20 bits per heavy atom. The number of aryl methyl sites for hydroxylation is 1. The second-order valence-corrected chi connectivity index (χ2v) is 5.54. The van der Waals surface area contributed by atoms with Crippen LogP contribution in [-0.2, 0) is 22.6 Å². The van der Waals surface area contributed by atoms with E-state index in [1.54, 1.807) is 11.1 Å². The lowest BCUT2D eigenvalue weighted by Gasteiger charge is -2.32. The average molecular weight is 273 g/mol. The van der Waals surface area contributed by atoms with E-state index >= 15 is 0 Å². The molecular formula is C15H19N3O2. The van der Waals surface area contributed by atoms with Crippen molar-refractivity contribution in [2.24, 2.45) is 5.92 Å². The normalized spacial score (nSPS) is 22.9. The first-order chi connectivity index (χ1) is 9.69. The van der Waals surface area contributed by atoms with Gasteiger partial charge in [0.25, 0.3) is 0 Å². The van der Waals surface area contributed by atoms with Gasteiger partial charge in [-0.2, -0.15) is 0 Å². The van der Waals surface area contributed by atoms with Crippen LogP contribution in [0.1, 0.15) is 31.0 Å². The van der Waals surface area contributed by atoms with Crippen molar-refractivity contribution in [3.8, 4) is 0 Å². The zero-order valence-corrected chi connectivity index (χ0v) is 11.6. The van der Waals surface area contributed by atoms with Crippen molar-refractivity contribution in [2.45, 2.75) is 38.8 Å². The van der Waals surface area contributed by atoms with Crippen LogP contribution in [0.15, 0.2) is 18.3 Å². The quantitative estimate of drug-likeness (QED) is 0.886. The highest BCUT2D eigenvalue weighted by Gasteiger charge is 2.42. The second-order valence-electron chi connectivity index (χ2n) is 5.54. The molecule has 1 saturated carbocycles. The number of pyridine rings is 1. The van der Waals surface area contributed by atoms with Crippen molar-refractivity contribution in [3.63, 3.8) is 0 Å². The molecule has 20 heavy (non-hydrogen) atoms. The maximum atomic E-state index is 12.4. The van der Waals surface area contributed by atoms with E-state index in [0.29, 0.717) is 12.5 Å². The van der Waals surface area contributed by atoms with Crippen molar-refractivity contribution < 1.29 is 9.59 Å². The van der Waals surface area contributed by atoms with Gasteiger partial charge >= 0.3 is 0 Å². The molecule has 1 atom stereocenters. The van der Waals surface area contributed by atoms with Crippen molar-refractivity contribution in [3.05, 3.63) is 29.6 Å². The molecule has 0 bridgehead atoms. The fourth-order valence-electron chi connectivity index (χ4n) is 2.73. The third-order valence-corrected chi connectivity index (χ3v) is 4.03. The summed E-state index contributed by atoms with van der Waals surface area (Å²) in [4.78, 5) is 30.2. The fraction of sp³-hybridized carbons (Fsp3) is 0.533. The summed E-state index contributed by atoms with van der Waals surface area (Å²) in [6, 6.07) is 3.61. The average Bonchev–Trinajstić information content (AvgIpc) is 3.27. The lowest BCUT2D eigenvalue weighted by molar-refractivity contribution is -0.145. The Labute approximate surface area is 118 Å². The minimum atomic E-state index is -0.315. The first-order valence-electron chi connectivity index (χ1n) is 7.20. The number of nitrogens with one attached hydrogen (secondary N) is 1. The maximum Gasteiger partial charge on any atom is 0.246 e. The molecule has 1 aromatic rings. The predicted molar refractivity (Wildman–Crippen MR) is 73.7 cm³/mol. The molecular weight excluding hydrogens is 254 g/mol. The summed E-state index contributed by atoms with van der Waals surface area (Å²) in [5.74, 6) is 0.318. The summed E-state index contributed by atoms with van der Waals surface area (Å²) in [6.45, 7) is 2.64. The van der Waals surface area contributed by atoms with Crippen LogP contribution in [-0.4, -0.2) is 34.3 Å². The lowest BCUT2D eigenvalue weighted by Crippen LogP contribution is -2.58. The highest BCUT2D eigenvalue weighted by atomic mass is 16.2. The fourth-order valence-corrected chi connectivity index (χ4v) is 2.73. The third kappa shape index (κ3) is 2.53. The van der Waals surface area contributed by atoms with Gasteiger partial charge in [0.2, 0.25) is 11.8 Å². The van der Waals surface area contributed by atoms with Gasteiger partial charge in [-0.3, -0.25) is 14.6 Å². The molecule has 3 rings (SSSR count). The van der Waals surface area contributed by atoms with Crippen molar-refractivity contribution >= 4 is 11.8 Å². The molecule has 2 fully saturated rings. The van der Waals surface area contributed by atoms with E-state index in [2.05, 4.69) is 17.2 Å². The van der Waals surface area contributed by atoms with E-state index in [9.17, 15) is 9.59 Å². The zero-order chi connectivity index (χ0) is 14.1. The van der Waals surface area contributed by atoms with Crippen LogP contribution >= 0.6 is 0 Å². The Balaban J connectivity index is 1.78. The van der Waals surface area contributed by atoms with Gasteiger partial charge in [0, 0.05) is 6.20 Å². The summed E-state index contributed by atoms with van der Waals surface area (Å²) < 4.78 is 0. The van der Waals surface area contributed by atoms with Gasteiger partial charge in [0.05, 0.1) is 12.2 Å². The molecule has 2 heterocycles. The van der Waals surface area contributed by atoms with Gasteiger partial charge in [0.1, 0.15) is 12.6 Å². The zero-order valence-electron chi connectivity index (χ0n) is 11.6. The van der Waals surface area contributed by atoms with Gasteiger partial charge in [-0.15, -0.1) is 0 Å². The molecule has 5 heteroatoms. The minimum absolute atomic E-state index is 0.0415. The summed E-state index contributed by atoms with van der Waals surface area (Å²) >= 11 is 0. The standard InChI is InChI=1S/C15H19N3O2/c1-2-10-4-3-7-16-12(10)8-18-9-13(19)17-14(15(18)20)11-5-6-11/h3-4,7,11,14H,2,5-6,8-9H2,1H3,(H,17,19). The summed E-state index contributed by atoms with van der Waals surface area (Å²) in [5.41, 5.74) is 2.03. The molecule has 2 amide bonds. The van der Waals surface area contributed by atoms with Crippen LogP contribution in [0.4, 0.5) is 0 Å². The van der Waals surface area contributed by atoms with Crippen LogP contribution in [0.3, 0.4) is 0 Å². The van der Waals surface area contributed by atoms with Crippen molar-refractivity contribution in [1.29, 1.82) is 0 Å². The Hall–Kier alpha value is -1.91. The summed E-state index contributed by atoms with van der Waals surface area (Å²) in [6.07, 6.45) is 4.69. The number of nitrogens with zero attached hydrogens (tertiary/aromatic N) is 2. The van der Waals surface area contributed by atoms with E-state index in [-0.39, 0.29) is 24.4 Å². The largest absolute Gasteiger partial charge is 0.342 e. The number of hydrogen-bond donors (Lipinski definition) is 1. The number of amides is 2. The highest BCUT2D eigenvalue weighted by Crippen LogP contribution is 2.34. The highest BCUT2D eigenvalue weighted by molar-refractivity contribution is 5.95. The minimum Gasteiger partial charge on any atom is -0.342 e. The number of carbonyl (C=O) groups excluding carboxylic acids is 2. The SMILES string of the molecule is CCc1cccnc1CN1CC(=O)NC(C2CC2)C1=O. The summed E-state index contributed by atoms with van der Waals surface area (Å²) in [5, 5.41) is 2.82. The molecule has 0 radical (unpaired) electrons. The molecule has 106 valence electrons. The van der Waals surface area contributed by atoms with Crippen LogP contribution < -0.4 is 5.32 Å². The smallest absolute Gasteiger partial charge is 0.246 e. The molecule has 1 aliphatic carbocycles. The Morgan fingerprint density at radius 1 is 1.40 bits per heavy atom. The van der Waals surface area contributed by atoms with Crippen LogP contribution in [0.2, 0.25) is 0 Å². The topological polar surface area (TPSA) is 62.3 Å². The maximum absolute atomic E-state index is 12.4. The molecule has 5 nitrogen and oxygen atoms in total. The van der Waals surface area contributed by atoms with Crippen molar-refractivity contribution in [1.82, 2.24) is 15.2 Å². The number of rotatable bonds is 4. The third-order valence-electron chi connectivity index (χ3n) is 4.03. The van der Waals surface area contributed by atoms with Crippen LogP contribution in [0.25, 0.3) is 0 Å². The molecule has 1 N–H and O–H groups in total. The van der Waals surface area contributed by atoms with Crippen LogP contribution in [0.5, 0.6) is 0 Å². The van der Waals surface area contributed by atoms with Crippen molar-refractivity contribution in [2.75, 3.05) is 6.54 Å². The first kappa shape index (κ1) is 13.1. The van der Waals surface area contributed by atoms with E-state index < -0.39 is 0 Å². The van der Waals surface area contributed by atoms with E-state index in [0.717, 1.165) is 30.5 Å². The molecule has 0 aromatic carbocycles. The number of carbonyl (C=O) groups is 2.